The SMILES string of the molecule is COc1ccc(C2(C(=O)N3CCC4(CC3)C(OC)C(=O)N4c3cccc(F)c3)CC2)cc1. The van der Waals surface area contributed by atoms with Gasteiger partial charge in [-0.2, -0.15) is 0 Å². The molecule has 0 radical (unpaired) electrons. The lowest BCUT2D eigenvalue weighted by molar-refractivity contribution is -0.153. The van der Waals surface area contributed by atoms with Gasteiger partial charge in [0.25, 0.3) is 5.91 Å². The quantitative estimate of drug-likeness (QED) is 0.673. The van der Waals surface area contributed by atoms with E-state index in [0.29, 0.717) is 31.6 Å². The molecule has 1 aliphatic carbocycles. The first-order valence-electron chi connectivity index (χ1n) is 11.0. The van der Waals surface area contributed by atoms with Gasteiger partial charge >= 0.3 is 0 Å². The Hall–Kier alpha value is -2.93. The van der Waals surface area contributed by atoms with Gasteiger partial charge in [0, 0.05) is 25.9 Å². The van der Waals surface area contributed by atoms with E-state index >= 15 is 0 Å². The minimum Gasteiger partial charge on any atom is -0.497 e. The van der Waals surface area contributed by atoms with Gasteiger partial charge in [0.2, 0.25) is 5.91 Å². The summed E-state index contributed by atoms with van der Waals surface area (Å²) in [6.07, 6.45) is 2.30. The molecule has 168 valence electrons. The number of likely N-dealkylation sites (tertiary alicyclic amines) is 1. The third kappa shape index (κ3) is 3.02. The maximum absolute atomic E-state index is 13.8. The van der Waals surface area contributed by atoms with Crippen molar-refractivity contribution in [2.45, 2.75) is 42.7 Å². The molecule has 0 bridgehead atoms. The van der Waals surface area contributed by atoms with Crippen molar-refractivity contribution in [3.8, 4) is 5.75 Å². The summed E-state index contributed by atoms with van der Waals surface area (Å²) in [5.74, 6) is 0.382. The fourth-order valence-corrected chi connectivity index (χ4v) is 5.48. The maximum Gasteiger partial charge on any atom is 0.259 e. The van der Waals surface area contributed by atoms with E-state index in [9.17, 15) is 14.0 Å². The molecule has 0 aromatic heterocycles. The monoisotopic (exact) mass is 438 g/mol. The standard InChI is InChI=1S/C25H27FN2O4/c1-31-20-8-6-17(7-9-20)24(10-11-24)23(30)27-14-12-25(13-15-27)21(32-2)22(29)28(25)19-5-3-4-18(26)16-19/h3-9,16,21H,10-15H2,1-2H3. The first-order chi connectivity index (χ1) is 15.4. The van der Waals surface area contributed by atoms with Crippen molar-refractivity contribution in [3.63, 3.8) is 0 Å². The fraction of sp³-hybridized carbons (Fsp3) is 0.440. The number of rotatable bonds is 5. The van der Waals surface area contributed by atoms with E-state index in [0.717, 1.165) is 24.2 Å². The third-order valence-corrected chi connectivity index (χ3v) is 7.40. The van der Waals surface area contributed by atoms with Crippen LogP contribution in [0.25, 0.3) is 0 Å². The predicted molar refractivity (Wildman–Crippen MR) is 117 cm³/mol. The average molecular weight is 438 g/mol. The molecule has 2 saturated heterocycles. The number of anilines is 1. The van der Waals surface area contributed by atoms with E-state index in [-0.39, 0.29) is 17.6 Å². The van der Waals surface area contributed by atoms with Crippen molar-refractivity contribution in [1.29, 1.82) is 0 Å². The number of piperidine rings is 1. The highest BCUT2D eigenvalue weighted by Crippen LogP contribution is 2.51. The number of hydrogen-bond donors (Lipinski definition) is 0. The summed E-state index contributed by atoms with van der Waals surface area (Å²) in [7, 11) is 3.16. The van der Waals surface area contributed by atoms with E-state index in [1.54, 1.807) is 24.1 Å². The minimum absolute atomic E-state index is 0.148. The van der Waals surface area contributed by atoms with Crippen LogP contribution in [-0.4, -0.2) is 55.7 Å². The average Bonchev–Trinajstić information content (AvgIpc) is 3.62. The van der Waals surface area contributed by atoms with Gasteiger partial charge in [-0.05, 0) is 61.6 Å². The lowest BCUT2D eigenvalue weighted by Crippen LogP contribution is -2.78. The molecular weight excluding hydrogens is 411 g/mol. The molecule has 1 saturated carbocycles. The van der Waals surface area contributed by atoms with Crippen LogP contribution in [0.1, 0.15) is 31.2 Å². The Labute approximate surface area is 186 Å². The number of nitrogens with zero attached hydrogens (tertiary/aromatic N) is 2. The number of β-lactam (4-membered cyclic amide) rings is 1. The van der Waals surface area contributed by atoms with Gasteiger partial charge in [-0.1, -0.05) is 18.2 Å². The Morgan fingerprint density at radius 1 is 1.03 bits per heavy atom. The Balaban J connectivity index is 1.34. The van der Waals surface area contributed by atoms with Crippen LogP contribution in [0.5, 0.6) is 5.75 Å². The topological polar surface area (TPSA) is 59.1 Å². The number of benzene rings is 2. The number of ether oxygens (including phenoxy) is 2. The summed E-state index contributed by atoms with van der Waals surface area (Å²) in [6, 6.07) is 13.8. The van der Waals surface area contributed by atoms with Crippen molar-refractivity contribution < 1.29 is 23.5 Å². The first-order valence-corrected chi connectivity index (χ1v) is 11.0. The van der Waals surface area contributed by atoms with E-state index in [4.69, 9.17) is 9.47 Å². The smallest absolute Gasteiger partial charge is 0.259 e. The molecular formula is C25H27FN2O4. The highest BCUT2D eigenvalue weighted by molar-refractivity contribution is 6.07. The van der Waals surface area contributed by atoms with Gasteiger partial charge in [0.15, 0.2) is 6.10 Å². The second-order valence-corrected chi connectivity index (χ2v) is 8.98. The summed E-state index contributed by atoms with van der Waals surface area (Å²) in [6.45, 7) is 1.07. The van der Waals surface area contributed by atoms with Gasteiger partial charge < -0.3 is 19.3 Å². The highest BCUT2D eigenvalue weighted by Gasteiger charge is 2.63. The summed E-state index contributed by atoms with van der Waals surface area (Å²) in [5.41, 5.74) is 0.570. The largest absolute Gasteiger partial charge is 0.497 e. The second kappa shape index (κ2) is 7.59. The molecule has 2 aliphatic heterocycles. The Kier molecular flexibility index (Phi) is 4.97. The lowest BCUT2D eigenvalue weighted by Gasteiger charge is -2.59. The number of amides is 2. The number of carbonyl (C=O) groups is 2. The van der Waals surface area contributed by atoms with Crippen LogP contribution in [0.2, 0.25) is 0 Å². The molecule has 32 heavy (non-hydrogen) atoms. The van der Waals surface area contributed by atoms with Crippen LogP contribution < -0.4 is 9.64 Å². The molecule has 2 amide bonds. The normalized spacial score (nSPS) is 23.1. The first kappa shape index (κ1) is 20.9. The van der Waals surface area contributed by atoms with Crippen molar-refractivity contribution in [1.82, 2.24) is 4.90 Å². The molecule has 2 heterocycles. The van der Waals surface area contributed by atoms with Crippen molar-refractivity contribution >= 4 is 17.5 Å². The molecule has 1 atom stereocenters. The van der Waals surface area contributed by atoms with E-state index in [1.165, 1.54) is 19.2 Å². The van der Waals surface area contributed by atoms with Crippen molar-refractivity contribution in [2.75, 3.05) is 32.2 Å². The maximum atomic E-state index is 13.8. The Bertz CT molecular complexity index is 1040. The van der Waals surface area contributed by atoms with Gasteiger partial charge in [-0.15, -0.1) is 0 Å². The summed E-state index contributed by atoms with van der Waals surface area (Å²) >= 11 is 0. The third-order valence-electron chi connectivity index (χ3n) is 7.40. The van der Waals surface area contributed by atoms with Crippen LogP contribution in [0.4, 0.5) is 10.1 Å². The van der Waals surface area contributed by atoms with Crippen LogP contribution in [0.15, 0.2) is 48.5 Å². The van der Waals surface area contributed by atoms with Crippen LogP contribution in [0, 0.1) is 5.82 Å². The summed E-state index contributed by atoms with van der Waals surface area (Å²) in [4.78, 5) is 29.9. The molecule has 2 aromatic carbocycles. The van der Waals surface area contributed by atoms with Gasteiger partial charge in [0.05, 0.1) is 18.1 Å². The van der Waals surface area contributed by atoms with E-state index in [1.807, 2.05) is 29.2 Å². The molecule has 7 heteroatoms. The zero-order valence-corrected chi connectivity index (χ0v) is 18.3. The lowest BCUT2D eigenvalue weighted by atomic mass is 9.72. The molecule has 1 spiro atoms. The predicted octanol–water partition coefficient (Wildman–Crippen LogP) is 3.29. The van der Waals surface area contributed by atoms with Crippen LogP contribution in [-0.2, 0) is 19.7 Å². The molecule has 2 aromatic rings. The van der Waals surface area contributed by atoms with Gasteiger partial charge in [-0.25, -0.2) is 4.39 Å². The zero-order chi connectivity index (χ0) is 22.5. The van der Waals surface area contributed by atoms with Crippen LogP contribution in [0.3, 0.4) is 0 Å². The van der Waals surface area contributed by atoms with Gasteiger partial charge in [0.1, 0.15) is 11.6 Å². The Morgan fingerprint density at radius 3 is 2.28 bits per heavy atom. The molecule has 3 aliphatic rings. The fourth-order valence-electron chi connectivity index (χ4n) is 5.48. The molecule has 5 rings (SSSR count). The minimum atomic E-state index is -0.570. The molecule has 3 fully saturated rings. The number of carbonyl (C=O) groups excluding carboxylic acids is 2. The molecule has 6 nitrogen and oxygen atoms in total. The van der Waals surface area contributed by atoms with E-state index < -0.39 is 17.1 Å². The van der Waals surface area contributed by atoms with Gasteiger partial charge in [-0.3, -0.25) is 9.59 Å². The highest BCUT2D eigenvalue weighted by atomic mass is 19.1. The number of methoxy groups -OCH3 is 2. The molecule has 1 unspecified atom stereocenters. The zero-order valence-electron chi connectivity index (χ0n) is 18.3. The summed E-state index contributed by atoms with van der Waals surface area (Å²) in [5, 5.41) is 0. The van der Waals surface area contributed by atoms with Crippen molar-refractivity contribution in [3.05, 3.63) is 59.9 Å². The van der Waals surface area contributed by atoms with Crippen LogP contribution >= 0.6 is 0 Å². The molecule has 0 N–H and O–H groups in total. The second-order valence-electron chi connectivity index (χ2n) is 8.98. The Morgan fingerprint density at radius 2 is 1.72 bits per heavy atom. The number of halogens is 1. The van der Waals surface area contributed by atoms with E-state index in [2.05, 4.69) is 0 Å². The summed E-state index contributed by atoms with van der Waals surface area (Å²) < 4.78 is 24.6. The van der Waals surface area contributed by atoms with Crippen molar-refractivity contribution in [2.24, 2.45) is 0 Å². The number of hydrogen-bond acceptors (Lipinski definition) is 4.